The first-order valence-corrected chi connectivity index (χ1v) is 8.98. The van der Waals surface area contributed by atoms with Crippen LogP contribution in [-0.4, -0.2) is 27.6 Å². The quantitative estimate of drug-likeness (QED) is 0.635. The monoisotopic (exact) mass is 352 g/mol. The van der Waals surface area contributed by atoms with Crippen molar-refractivity contribution in [2.45, 2.75) is 39.0 Å². The molecule has 0 saturated heterocycles. The minimum Gasteiger partial charge on any atom is -0.478 e. The Morgan fingerprint density at radius 1 is 1.15 bits per heavy atom. The van der Waals surface area contributed by atoms with Gasteiger partial charge in [-0.05, 0) is 63.3 Å². The Morgan fingerprint density at radius 2 is 1.92 bits per heavy atom. The molecule has 0 spiro atoms. The predicted octanol–water partition coefficient (Wildman–Crippen LogP) is 4.53. The average Bonchev–Trinajstić information content (AvgIpc) is 2.62. The van der Waals surface area contributed by atoms with E-state index < -0.39 is 5.97 Å². The van der Waals surface area contributed by atoms with E-state index in [9.17, 15) is 4.79 Å². The number of anilines is 3. The van der Waals surface area contributed by atoms with Gasteiger partial charge in [0.25, 0.3) is 0 Å². The predicted molar refractivity (Wildman–Crippen MR) is 103 cm³/mol. The largest absolute Gasteiger partial charge is 0.478 e. The molecule has 136 valence electrons. The Kier molecular flexibility index (Phi) is 5.84. The second-order valence-corrected chi connectivity index (χ2v) is 6.48. The highest BCUT2D eigenvalue weighted by Crippen LogP contribution is 2.21. The third-order valence-corrected chi connectivity index (χ3v) is 4.38. The van der Waals surface area contributed by atoms with Crippen LogP contribution < -0.4 is 10.6 Å². The molecule has 0 unspecified atom stereocenters. The number of hydrogen-bond donors (Lipinski definition) is 3. The molecule has 6 nitrogen and oxygen atoms in total. The molecule has 2 aromatic rings. The number of rotatable bonds is 7. The zero-order chi connectivity index (χ0) is 18.4. The third kappa shape index (κ3) is 5.05. The van der Waals surface area contributed by atoms with Gasteiger partial charge in [-0.1, -0.05) is 11.6 Å². The number of nitrogens with zero attached hydrogens (tertiary/aromatic N) is 2. The number of benzene rings is 1. The van der Waals surface area contributed by atoms with Gasteiger partial charge in [0.2, 0.25) is 0 Å². The van der Waals surface area contributed by atoms with E-state index >= 15 is 0 Å². The van der Waals surface area contributed by atoms with Crippen LogP contribution in [0.2, 0.25) is 0 Å². The molecule has 3 N–H and O–H groups in total. The summed E-state index contributed by atoms with van der Waals surface area (Å²) in [6.07, 6.45) is 8.44. The lowest BCUT2D eigenvalue weighted by molar-refractivity contribution is 0.0697. The maximum atomic E-state index is 10.9. The van der Waals surface area contributed by atoms with Crippen molar-refractivity contribution >= 4 is 23.3 Å². The van der Waals surface area contributed by atoms with Crippen LogP contribution in [0.1, 0.15) is 48.3 Å². The van der Waals surface area contributed by atoms with Gasteiger partial charge in [-0.2, -0.15) is 0 Å². The second-order valence-electron chi connectivity index (χ2n) is 6.48. The van der Waals surface area contributed by atoms with Gasteiger partial charge in [0.1, 0.15) is 17.5 Å². The number of aryl methyl sites for hydroxylation is 1. The first-order valence-electron chi connectivity index (χ1n) is 8.98. The average molecular weight is 352 g/mol. The SMILES string of the molecule is Cc1nc(NCCC2=CCCCC2)cc(Nc2ccc(C(=O)O)cc2)n1. The minimum absolute atomic E-state index is 0.258. The fourth-order valence-corrected chi connectivity index (χ4v) is 3.05. The molecule has 26 heavy (non-hydrogen) atoms. The van der Waals surface area contributed by atoms with E-state index in [1.54, 1.807) is 24.3 Å². The van der Waals surface area contributed by atoms with Crippen molar-refractivity contribution in [1.29, 1.82) is 0 Å². The van der Waals surface area contributed by atoms with Crippen molar-refractivity contribution < 1.29 is 9.90 Å². The molecular formula is C20H24N4O2. The Labute approximate surface area is 153 Å². The van der Waals surface area contributed by atoms with Crippen molar-refractivity contribution in [2.24, 2.45) is 0 Å². The third-order valence-electron chi connectivity index (χ3n) is 4.38. The van der Waals surface area contributed by atoms with Crippen LogP contribution in [0.25, 0.3) is 0 Å². The number of carbonyl (C=O) groups is 1. The molecule has 1 aliphatic carbocycles. The molecule has 0 atom stereocenters. The van der Waals surface area contributed by atoms with E-state index in [-0.39, 0.29) is 5.56 Å². The molecule has 0 saturated carbocycles. The van der Waals surface area contributed by atoms with Crippen molar-refractivity contribution in [3.05, 3.63) is 53.4 Å². The lowest BCUT2D eigenvalue weighted by Gasteiger charge is -2.14. The summed E-state index contributed by atoms with van der Waals surface area (Å²) in [5.41, 5.74) is 2.58. The van der Waals surface area contributed by atoms with E-state index in [1.807, 2.05) is 13.0 Å². The first kappa shape index (κ1) is 17.9. The van der Waals surface area contributed by atoms with Crippen molar-refractivity contribution in [1.82, 2.24) is 9.97 Å². The fourth-order valence-electron chi connectivity index (χ4n) is 3.05. The van der Waals surface area contributed by atoms with Crippen LogP contribution >= 0.6 is 0 Å². The van der Waals surface area contributed by atoms with E-state index in [2.05, 4.69) is 26.7 Å². The summed E-state index contributed by atoms with van der Waals surface area (Å²) >= 11 is 0. The number of aromatic carboxylic acids is 1. The Bertz CT molecular complexity index is 800. The smallest absolute Gasteiger partial charge is 0.335 e. The molecule has 6 heteroatoms. The van der Waals surface area contributed by atoms with Crippen LogP contribution in [0.4, 0.5) is 17.3 Å². The fraction of sp³-hybridized carbons (Fsp3) is 0.350. The summed E-state index contributed by atoms with van der Waals surface area (Å²) in [5.74, 6) is 1.21. The van der Waals surface area contributed by atoms with Gasteiger partial charge in [0.05, 0.1) is 5.56 Å². The number of hydrogen-bond acceptors (Lipinski definition) is 5. The topological polar surface area (TPSA) is 87.1 Å². The van der Waals surface area contributed by atoms with Crippen molar-refractivity contribution in [3.8, 4) is 0 Å². The molecule has 1 aromatic heterocycles. The number of allylic oxidation sites excluding steroid dienone is 1. The maximum absolute atomic E-state index is 10.9. The van der Waals surface area contributed by atoms with E-state index in [0.29, 0.717) is 11.6 Å². The number of aromatic nitrogens is 2. The summed E-state index contributed by atoms with van der Waals surface area (Å²) in [6, 6.07) is 8.45. The van der Waals surface area contributed by atoms with Gasteiger partial charge < -0.3 is 15.7 Å². The molecule has 1 heterocycles. The summed E-state index contributed by atoms with van der Waals surface area (Å²) < 4.78 is 0. The molecule has 3 rings (SSSR count). The van der Waals surface area contributed by atoms with Gasteiger partial charge in [0.15, 0.2) is 0 Å². The molecule has 0 radical (unpaired) electrons. The van der Waals surface area contributed by atoms with Crippen LogP contribution in [0.3, 0.4) is 0 Å². The van der Waals surface area contributed by atoms with E-state index in [0.717, 1.165) is 24.5 Å². The van der Waals surface area contributed by atoms with E-state index in [4.69, 9.17) is 5.11 Å². The summed E-state index contributed by atoms with van der Waals surface area (Å²) in [7, 11) is 0. The molecule has 0 bridgehead atoms. The highest BCUT2D eigenvalue weighted by atomic mass is 16.4. The zero-order valence-electron chi connectivity index (χ0n) is 15.0. The lowest BCUT2D eigenvalue weighted by Crippen LogP contribution is -2.08. The molecule has 0 amide bonds. The van der Waals surface area contributed by atoms with Gasteiger partial charge >= 0.3 is 5.97 Å². The van der Waals surface area contributed by atoms with Gasteiger partial charge in [-0.25, -0.2) is 14.8 Å². The summed E-state index contributed by atoms with van der Waals surface area (Å²) in [4.78, 5) is 19.8. The lowest BCUT2D eigenvalue weighted by atomic mass is 9.97. The zero-order valence-corrected chi connectivity index (χ0v) is 15.0. The van der Waals surface area contributed by atoms with Crippen LogP contribution in [-0.2, 0) is 0 Å². The Hall–Kier alpha value is -2.89. The van der Waals surface area contributed by atoms with E-state index in [1.165, 1.54) is 31.3 Å². The highest BCUT2D eigenvalue weighted by molar-refractivity contribution is 5.88. The molecule has 1 aliphatic rings. The van der Waals surface area contributed by atoms with Crippen LogP contribution in [0.5, 0.6) is 0 Å². The van der Waals surface area contributed by atoms with Gasteiger partial charge in [0, 0.05) is 18.3 Å². The number of carboxylic acids is 1. The van der Waals surface area contributed by atoms with Crippen molar-refractivity contribution in [2.75, 3.05) is 17.2 Å². The Morgan fingerprint density at radius 3 is 2.62 bits per heavy atom. The maximum Gasteiger partial charge on any atom is 0.335 e. The molecular weight excluding hydrogens is 328 g/mol. The first-order chi connectivity index (χ1) is 12.6. The molecule has 0 fully saturated rings. The summed E-state index contributed by atoms with van der Waals surface area (Å²) in [6.45, 7) is 2.71. The summed E-state index contributed by atoms with van der Waals surface area (Å²) in [5, 5.41) is 15.5. The van der Waals surface area contributed by atoms with Crippen molar-refractivity contribution in [3.63, 3.8) is 0 Å². The number of carboxylic acid groups (broad SMARTS) is 1. The van der Waals surface area contributed by atoms with Crippen LogP contribution in [0, 0.1) is 6.92 Å². The second kappa shape index (κ2) is 8.47. The standard InChI is InChI=1S/C20H24N4O2/c1-14-22-18(21-12-11-15-5-3-2-4-6-15)13-19(23-14)24-17-9-7-16(8-10-17)20(25)26/h5,7-10,13H,2-4,6,11-12H2,1H3,(H,25,26)(H2,21,22,23,24). The molecule has 1 aromatic carbocycles. The molecule has 0 aliphatic heterocycles. The Balaban J connectivity index is 1.61. The minimum atomic E-state index is -0.936. The highest BCUT2D eigenvalue weighted by Gasteiger charge is 2.06. The van der Waals surface area contributed by atoms with Gasteiger partial charge in [-0.15, -0.1) is 0 Å². The van der Waals surface area contributed by atoms with Gasteiger partial charge in [-0.3, -0.25) is 0 Å². The number of nitrogens with one attached hydrogen (secondary N) is 2. The van der Waals surface area contributed by atoms with Crippen LogP contribution in [0.15, 0.2) is 42.0 Å². The normalized spacial score (nSPS) is 13.8.